The van der Waals surface area contributed by atoms with Gasteiger partial charge in [0, 0.05) is 29.3 Å². The standard InChI is InChI=1S/C14H19F2NS/c15-11-6-7-14(13(16)10-11)18-9-8-17-12-4-2-1-3-5-12/h6-7,10,12,17H,1-5,8-9H2. The molecule has 1 saturated carbocycles. The molecule has 1 nitrogen and oxygen atoms in total. The van der Waals surface area contributed by atoms with Gasteiger partial charge in [0.05, 0.1) is 0 Å². The molecule has 0 aliphatic heterocycles. The van der Waals surface area contributed by atoms with E-state index in [1.165, 1.54) is 56.0 Å². The van der Waals surface area contributed by atoms with E-state index in [-0.39, 0.29) is 0 Å². The van der Waals surface area contributed by atoms with Crippen LogP contribution in [-0.2, 0) is 0 Å². The average Bonchev–Trinajstić information content (AvgIpc) is 2.38. The maximum absolute atomic E-state index is 13.4. The highest BCUT2D eigenvalue weighted by Crippen LogP contribution is 2.22. The van der Waals surface area contributed by atoms with Crippen LogP contribution in [0.25, 0.3) is 0 Å². The minimum Gasteiger partial charge on any atom is -0.313 e. The molecule has 0 saturated heterocycles. The second-order valence-corrected chi connectivity index (χ2v) is 5.85. The van der Waals surface area contributed by atoms with Gasteiger partial charge in [0.25, 0.3) is 0 Å². The zero-order valence-corrected chi connectivity index (χ0v) is 11.2. The number of hydrogen-bond acceptors (Lipinski definition) is 2. The SMILES string of the molecule is Fc1ccc(SCCNC2CCCCC2)c(F)c1. The Morgan fingerprint density at radius 3 is 2.67 bits per heavy atom. The van der Waals surface area contributed by atoms with E-state index in [2.05, 4.69) is 5.32 Å². The quantitative estimate of drug-likeness (QED) is 0.642. The van der Waals surface area contributed by atoms with Gasteiger partial charge >= 0.3 is 0 Å². The van der Waals surface area contributed by atoms with Crippen LogP contribution in [0.4, 0.5) is 8.78 Å². The summed E-state index contributed by atoms with van der Waals surface area (Å²) in [5, 5.41) is 3.51. The molecule has 1 N–H and O–H groups in total. The highest BCUT2D eigenvalue weighted by atomic mass is 32.2. The average molecular weight is 271 g/mol. The summed E-state index contributed by atoms with van der Waals surface area (Å²) in [7, 11) is 0. The first-order valence-corrected chi connectivity index (χ1v) is 7.55. The summed E-state index contributed by atoms with van der Waals surface area (Å²) in [6.07, 6.45) is 6.51. The Balaban J connectivity index is 1.68. The van der Waals surface area contributed by atoms with Crippen molar-refractivity contribution in [3.8, 4) is 0 Å². The summed E-state index contributed by atoms with van der Waals surface area (Å²) in [4.78, 5) is 0.529. The van der Waals surface area contributed by atoms with E-state index in [0.717, 1.165) is 18.4 Å². The lowest BCUT2D eigenvalue weighted by molar-refractivity contribution is 0.381. The minimum absolute atomic E-state index is 0.460. The first-order chi connectivity index (χ1) is 8.75. The largest absolute Gasteiger partial charge is 0.313 e. The van der Waals surface area contributed by atoms with Gasteiger partial charge in [-0.25, -0.2) is 8.78 Å². The molecule has 0 aromatic heterocycles. The molecular weight excluding hydrogens is 252 g/mol. The van der Waals surface area contributed by atoms with Crippen LogP contribution in [0.5, 0.6) is 0 Å². The van der Waals surface area contributed by atoms with E-state index in [9.17, 15) is 8.78 Å². The monoisotopic (exact) mass is 271 g/mol. The molecule has 0 spiro atoms. The van der Waals surface area contributed by atoms with Gasteiger partial charge < -0.3 is 5.32 Å². The van der Waals surface area contributed by atoms with Gasteiger partial charge in [-0.3, -0.25) is 0 Å². The van der Waals surface area contributed by atoms with Crippen molar-refractivity contribution in [2.75, 3.05) is 12.3 Å². The maximum atomic E-state index is 13.4. The molecular formula is C14H19F2NS. The van der Waals surface area contributed by atoms with E-state index < -0.39 is 11.6 Å². The summed E-state index contributed by atoms with van der Waals surface area (Å²) in [6.45, 7) is 0.881. The molecule has 1 aliphatic carbocycles. The van der Waals surface area contributed by atoms with E-state index in [1.807, 2.05) is 0 Å². The van der Waals surface area contributed by atoms with Crippen molar-refractivity contribution in [2.45, 2.75) is 43.0 Å². The van der Waals surface area contributed by atoms with Crippen LogP contribution in [-0.4, -0.2) is 18.3 Å². The van der Waals surface area contributed by atoms with Crippen molar-refractivity contribution < 1.29 is 8.78 Å². The first kappa shape index (κ1) is 13.8. The third-order valence-corrected chi connectivity index (χ3v) is 4.34. The summed E-state index contributed by atoms with van der Waals surface area (Å²) in [5.74, 6) is -0.158. The van der Waals surface area contributed by atoms with Crippen molar-refractivity contribution in [1.29, 1.82) is 0 Å². The fourth-order valence-electron chi connectivity index (χ4n) is 2.32. The molecule has 0 heterocycles. The smallest absolute Gasteiger partial charge is 0.139 e. The number of hydrogen-bond donors (Lipinski definition) is 1. The normalized spacial score (nSPS) is 17.0. The summed E-state index contributed by atoms with van der Waals surface area (Å²) in [6, 6.07) is 4.39. The molecule has 0 radical (unpaired) electrons. The Morgan fingerprint density at radius 2 is 1.94 bits per heavy atom. The lowest BCUT2D eigenvalue weighted by Crippen LogP contribution is -2.32. The predicted octanol–water partition coefficient (Wildman–Crippen LogP) is 3.98. The number of nitrogens with one attached hydrogen (secondary N) is 1. The molecule has 1 fully saturated rings. The Labute approximate surface area is 111 Å². The Bertz CT molecular complexity index is 378. The Morgan fingerprint density at radius 1 is 1.17 bits per heavy atom. The molecule has 0 atom stereocenters. The van der Waals surface area contributed by atoms with E-state index in [4.69, 9.17) is 0 Å². The van der Waals surface area contributed by atoms with Gasteiger partial charge in [-0.1, -0.05) is 19.3 Å². The van der Waals surface area contributed by atoms with E-state index in [1.54, 1.807) is 0 Å². The van der Waals surface area contributed by atoms with Gasteiger partial charge in [-0.2, -0.15) is 0 Å². The van der Waals surface area contributed by atoms with Crippen molar-refractivity contribution in [2.24, 2.45) is 0 Å². The zero-order chi connectivity index (χ0) is 12.8. The third-order valence-electron chi connectivity index (χ3n) is 3.29. The fraction of sp³-hybridized carbons (Fsp3) is 0.571. The zero-order valence-electron chi connectivity index (χ0n) is 10.4. The summed E-state index contributed by atoms with van der Waals surface area (Å²) in [5.41, 5.74) is 0. The Hall–Kier alpha value is -0.610. The topological polar surface area (TPSA) is 12.0 Å². The minimum atomic E-state index is -0.516. The van der Waals surface area contributed by atoms with Gasteiger partial charge in [0.15, 0.2) is 0 Å². The molecule has 18 heavy (non-hydrogen) atoms. The third kappa shape index (κ3) is 4.25. The highest BCUT2D eigenvalue weighted by molar-refractivity contribution is 7.99. The van der Waals surface area contributed by atoms with Crippen molar-refractivity contribution in [3.63, 3.8) is 0 Å². The van der Waals surface area contributed by atoms with Gasteiger partial charge in [0.1, 0.15) is 11.6 Å². The molecule has 1 aromatic carbocycles. The molecule has 0 bridgehead atoms. The van der Waals surface area contributed by atoms with Gasteiger partial charge in [-0.05, 0) is 25.0 Å². The van der Waals surface area contributed by atoms with Crippen LogP contribution in [0.15, 0.2) is 23.1 Å². The maximum Gasteiger partial charge on any atom is 0.139 e. The van der Waals surface area contributed by atoms with Gasteiger partial charge in [-0.15, -0.1) is 11.8 Å². The van der Waals surface area contributed by atoms with Gasteiger partial charge in [0.2, 0.25) is 0 Å². The highest BCUT2D eigenvalue weighted by Gasteiger charge is 2.12. The summed E-state index contributed by atoms with van der Waals surface area (Å²) >= 11 is 1.44. The van der Waals surface area contributed by atoms with Crippen molar-refractivity contribution in [1.82, 2.24) is 5.32 Å². The lowest BCUT2D eigenvalue weighted by atomic mass is 9.96. The molecule has 0 unspecified atom stereocenters. The van der Waals surface area contributed by atoms with Crippen LogP contribution in [0.2, 0.25) is 0 Å². The van der Waals surface area contributed by atoms with Crippen LogP contribution < -0.4 is 5.32 Å². The van der Waals surface area contributed by atoms with Crippen LogP contribution >= 0.6 is 11.8 Å². The fourth-order valence-corrected chi connectivity index (χ4v) is 3.12. The predicted molar refractivity (Wildman–Crippen MR) is 72.0 cm³/mol. The second kappa shape index (κ2) is 7.10. The molecule has 2 rings (SSSR count). The van der Waals surface area contributed by atoms with Crippen LogP contribution in [0.1, 0.15) is 32.1 Å². The number of thioether (sulfide) groups is 1. The molecule has 1 aromatic rings. The molecule has 100 valence electrons. The van der Waals surface area contributed by atoms with Crippen LogP contribution in [0.3, 0.4) is 0 Å². The second-order valence-electron chi connectivity index (χ2n) is 4.71. The first-order valence-electron chi connectivity index (χ1n) is 6.57. The van der Waals surface area contributed by atoms with Crippen LogP contribution in [0, 0.1) is 11.6 Å². The number of rotatable bonds is 5. The number of halogens is 2. The van der Waals surface area contributed by atoms with Crippen molar-refractivity contribution >= 4 is 11.8 Å². The van der Waals surface area contributed by atoms with E-state index in [0.29, 0.717) is 10.9 Å². The van der Waals surface area contributed by atoms with Crippen molar-refractivity contribution in [3.05, 3.63) is 29.8 Å². The molecule has 1 aliphatic rings. The number of benzene rings is 1. The molecule has 4 heteroatoms. The van der Waals surface area contributed by atoms with E-state index >= 15 is 0 Å². The lowest BCUT2D eigenvalue weighted by Gasteiger charge is -2.22. The molecule has 0 amide bonds. The Kier molecular flexibility index (Phi) is 5.45. The summed E-state index contributed by atoms with van der Waals surface area (Å²) < 4.78 is 26.1.